The molecule has 11 nitrogen and oxygen atoms in total. The number of ether oxygens (including phenoxy) is 1. The van der Waals surface area contributed by atoms with E-state index >= 15 is 0 Å². The van der Waals surface area contributed by atoms with Crippen LogP contribution in [0.25, 0.3) is 0 Å². The first-order valence-corrected chi connectivity index (χ1v) is 18.6. The summed E-state index contributed by atoms with van der Waals surface area (Å²) in [6, 6.07) is 16.2. The number of hydrogen-bond acceptors (Lipinski definition) is 7. The van der Waals surface area contributed by atoms with Gasteiger partial charge in [-0.1, -0.05) is 93.8 Å². The number of carbonyl (C=O) groups excluding carboxylic acids is 6. The molecule has 1 aliphatic carbocycles. The summed E-state index contributed by atoms with van der Waals surface area (Å²) in [6.07, 6.45) is 5.96. The van der Waals surface area contributed by atoms with Crippen molar-refractivity contribution in [3.63, 3.8) is 0 Å². The Morgan fingerprint density at radius 3 is 2.04 bits per heavy atom. The van der Waals surface area contributed by atoms with Crippen molar-refractivity contribution in [1.82, 2.24) is 20.9 Å². The predicted molar refractivity (Wildman–Crippen MR) is 193 cm³/mol. The molecule has 1 aliphatic heterocycles. The highest BCUT2D eigenvalue weighted by molar-refractivity contribution is 6.38. The van der Waals surface area contributed by atoms with E-state index in [0.717, 1.165) is 56.1 Å². The van der Waals surface area contributed by atoms with Crippen LogP contribution in [0.2, 0.25) is 0 Å². The minimum Gasteiger partial charge on any atom is -0.445 e. The predicted octanol–water partition coefficient (Wildman–Crippen LogP) is 5.05. The van der Waals surface area contributed by atoms with E-state index in [1.807, 2.05) is 74.5 Å². The summed E-state index contributed by atoms with van der Waals surface area (Å²) in [5.74, 6) is -3.47. The van der Waals surface area contributed by atoms with Crippen molar-refractivity contribution in [2.24, 2.45) is 11.8 Å². The van der Waals surface area contributed by atoms with Crippen LogP contribution in [0, 0.1) is 11.8 Å². The second-order valence-electron chi connectivity index (χ2n) is 14.3. The summed E-state index contributed by atoms with van der Waals surface area (Å²) in [7, 11) is 0. The molecule has 0 radical (unpaired) electrons. The van der Waals surface area contributed by atoms with Crippen molar-refractivity contribution in [1.29, 1.82) is 0 Å². The molecular weight excluding hydrogens is 648 g/mol. The Labute approximate surface area is 301 Å². The van der Waals surface area contributed by atoms with Gasteiger partial charge in [-0.05, 0) is 62.0 Å². The minimum atomic E-state index is -1.24. The number of alkyl carbamates (subject to hydrolysis) is 1. The van der Waals surface area contributed by atoms with E-state index in [1.54, 1.807) is 4.90 Å². The Kier molecular flexibility index (Phi) is 15.7. The first kappa shape index (κ1) is 39.2. The fraction of sp³-hybridized carbons (Fsp3) is 0.550. The normalized spacial score (nSPS) is 16.5. The van der Waals surface area contributed by atoms with E-state index in [9.17, 15) is 28.8 Å². The van der Waals surface area contributed by atoms with E-state index in [4.69, 9.17) is 4.74 Å². The Morgan fingerprint density at radius 2 is 1.41 bits per heavy atom. The molecule has 0 aromatic heterocycles. The maximum Gasteiger partial charge on any atom is 0.408 e. The Bertz CT molecular complexity index is 1450. The largest absolute Gasteiger partial charge is 0.445 e. The number of amides is 4. The lowest BCUT2D eigenvalue weighted by atomic mass is 9.88. The molecule has 1 saturated carbocycles. The molecule has 1 saturated heterocycles. The SMILES string of the molecule is CC(C)C[C@H](NC(=O)OCc1ccccc1)C(=O)C[C@@H](Cc1ccccc1)C(=O)N[C@@H](CCC(=O)N1CCCC1)C(=O)C(=O)NC1CCCCC1. The third-order valence-corrected chi connectivity index (χ3v) is 9.65. The molecule has 1 heterocycles. The van der Waals surface area contributed by atoms with E-state index in [1.165, 1.54) is 0 Å². The first-order chi connectivity index (χ1) is 24.6. The number of nitrogens with one attached hydrogen (secondary N) is 3. The van der Waals surface area contributed by atoms with Crippen LogP contribution >= 0.6 is 0 Å². The summed E-state index contributed by atoms with van der Waals surface area (Å²) in [5, 5.41) is 8.34. The highest BCUT2D eigenvalue weighted by Gasteiger charge is 2.34. The number of carbonyl (C=O) groups is 6. The van der Waals surface area contributed by atoms with Gasteiger partial charge in [-0.25, -0.2) is 4.79 Å². The standard InChI is InChI=1S/C40H54N4O7/c1-28(2)24-34(43-40(50)51-27-30-16-8-4-9-17-30)35(45)26-31(25-29-14-6-3-7-15-29)38(48)42-33(20-21-36(46)44-22-12-13-23-44)37(47)39(49)41-32-18-10-5-11-19-32/h3-4,6-9,14-17,28,31-34H,5,10-13,18-27H2,1-2H3,(H,41,49)(H,42,48)(H,43,50)/t31-,33+,34+/m1/s1. The van der Waals surface area contributed by atoms with Gasteiger partial charge in [0.05, 0.1) is 12.1 Å². The zero-order chi connectivity index (χ0) is 36.6. The summed E-state index contributed by atoms with van der Waals surface area (Å²) in [4.78, 5) is 82.3. The van der Waals surface area contributed by atoms with Crippen LogP contribution < -0.4 is 16.0 Å². The number of hydrogen-bond donors (Lipinski definition) is 3. The van der Waals surface area contributed by atoms with Crippen molar-refractivity contribution in [3.05, 3.63) is 71.8 Å². The maximum atomic E-state index is 14.1. The van der Waals surface area contributed by atoms with Gasteiger partial charge in [-0.15, -0.1) is 0 Å². The van der Waals surface area contributed by atoms with Crippen LogP contribution in [-0.2, 0) is 41.7 Å². The average Bonchev–Trinajstić information content (AvgIpc) is 3.68. The van der Waals surface area contributed by atoms with Crippen LogP contribution in [0.15, 0.2) is 60.7 Å². The van der Waals surface area contributed by atoms with Crippen molar-refractivity contribution in [3.8, 4) is 0 Å². The zero-order valence-corrected chi connectivity index (χ0v) is 30.1. The fourth-order valence-corrected chi connectivity index (χ4v) is 6.80. The molecule has 2 fully saturated rings. The van der Waals surface area contributed by atoms with Crippen molar-refractivity contribution in [2.75, 3.05) is 13.1 Å². The average molecular weight is 703 g/mol. The third kappa shape index (κ3) is 13.3. The lowest BCUT2D eigenvalue weighted by molar-refractivity contribution is -0.141. The van der Waals surface area contributed by atoms with Gasteiger partial charge in [0.15, 0.2) is 5.78 Å². The van der Waals surface area contributed by atoms with Crippen LogP contribution in [0.3, 0.4) is 0 Å². The van der Waals surface area contributed by atoms with E-state index in [2.05, 4.69) is 16.0 Å². The van der Waals surface area contributed by atoms with Gasteiger partial charge in [0, 0.05) is 37.9 Å². The molecule has 3 atom stereocenters. The molecule has 2 aromatic rings. The van der Waals surface area contributed by atoms with E-state index in [0.29, 0.717) is 19.5 Å². The van der Waals surface area contributed by atoms with Crippen LogP contribution in [0.4, 0.5) is 4.79 Å². The second kappa shape index (κ2) is 20.3. The minimum absolute atomic E-state index is 0.00114. The van der Waals surface area contributed by atoms with Crippen LogP contribution in [0.5, 0.6) is 0 Å². The Balaban J connectivity index is 1.49. The maximum absolute atomic E-state index is 14.1. The molecule has 4 amide bonds. The second-order valence-corrected chi connectivity index (χ2v) is 14.3. The number of nitrogens with zero attached hydrogens (tertiary/aromatic N) is 1. The Morgan fingerprint density at radius 1 is 0.784 bits per heavy atom. The topological polar surface area (TPSA) is 151 Å². The highest BCUT2D eigenvalue weighted by Crippen LogP contribution is 2.20. The molecule has 2 aromatic carbocycles. The quantitative estimate of drug-likeness (QED) is 0.184. The molecule has 0 unspecified atom stereocenters. The number of rotatable bonds is 18. The van der Waals surface area contributed by atoms with Crippen molar-refractivity contribution < 1.29 is 33.5 Å². The van der Waals surface area contributed by atoms with Gasteiger partial charge >= 0.3 is 6.09 Å². The summed E-state index contributed by atoms with van der Waals surface area (Å²) < 4.78 is 5.39. The van der Waals surface area contributed by atoms with Gasteiger partial charge in [0.2, 0.25) is 17.6 Å². The molecule has 3 N–H and O–H groups in total. The van der Waals surface area contributed by atoms with E-state index in [-0.39, 0.29) is 55.9 Å². The summed E-state index contributed by atoms with van der Waals surface area (Å²) in [6.45, 7) is 5.21. The smallest absolute Gasteiger partial charge is 0.408 e. The van der Waals surface area contributed by atoms with E-state index < -0.39 is 41.7 Å². The third-order valence-electron chi connectivity index (χ3n) is 9.65. The molecule has 11 heteroatoms. The number of benzene rings is 2. The van der Waals surface area contributed by atoms with Crippen LogP contribution in [0.1, 0.15) is 95.6 Å². The fourth-order valence-electron chi connectivity index (χ4n) is 6.80. The van der Waals surface area contributed by atoms with Gasteiger partial charge in [-0.3, -0.25) is 24.0 Å². The number of likely N-dealkylation sites (tertiary alicyclic amines) is 1. The molecule has 0 spiro atoms. The molecule has 276 valence electrons. The lowest BCUT2D eigenvalue weighted by Gasteiger charge is -2.26. The molecule has 4 rings (SSSR count). The Hall–Kier alpha value is -4.54. The molecule has 51 heavy (non-hydrogen) atoms. The molecule has 2 aliphatic rings. The first-order valence-electron chi connectivity index (χ1n) is 18.6. The number of Topliss-reactive ketones (excluding diaryl/α,β-unsaturated/α-hetero) is 2. The van der Waals surface area contributed by atoms with Gasteiger partial charge in [0.1, 0.15) is 6.61 Å². The summed E-state index contributed by atoms with van der Waals surface area (Å²) in [5.41, 5.74) is 1.61. The van der Waals surface area contributed by atoms with Gasteiger partial charge in [-0.2, -0.15) is 0 Å². The highest BCUT2D eigenvalue weighted by atomic mass is 16.5. The summed E-state index contributed by atoms with van der Waals surface area (Å²) >= 11 is 0. The van der Waals surface area contributed by atoms with Crippen molar-refractivity contribution in [2.45, 2.75) is 116 Å². The molecular formula is C40H54N4O7. The van der Waals surface area contributed by atoms with Gasteiger partial charge in [0.25, 0.3) is 5.91 Å². The number of ketones is 2. The molecule has 0 bridgehead atoms. The van der Waals surface area contributed by atoms with Gasteiger partial charge < -0.3 is 25.6 Å². The monoisotopic (exact) mass is 702 g/mol. The van der Waals surface area contributed by atoms with Crippen molar-refractivity contribution >= 4 is 35.4 Å². The zero-order valence-electron chi connectivity index (χ0n) is 30.1. The van der Waals surface area contributed by atoms with Crippen LogP contribution in [-0.4, -0.2) is 71.5 Å². The lowest BCUT2D eigenvalue weighted by Crippen LogP contribution is -2.52.